The van der Waals surface area contributed by atoms with Gasteiger partial charge in [-0.3, -0.25) is 4.57 Å². The van der Waals surface area contributed by atoms with Crippen molar-refractivity contribution >= 4 is 17.1 Å². The maximum absolute atomic E-state index is 5.71. The second-order valence-electron chi connectivity index (χ2n) is 7.82. The second-order valence-corrected chi connectivity index (χ2v) is 7.82. The Kier molecular flexibility index (Phi) is 6.61. The summed E-state index contributed by atoms with van der Waals surface area (Å²) in [5, 5.41) is 3.35. The Bertz CT molecular complexity index is 1460. The zero-order chi connectivity index (χ0) is 24.9. The average molecular weight is 483 g/mol. The minimum absolute atomic E-state index is 0.465. The van der Waals surface area contributed by atoms with Crippen LogP contribution in [0, 0.1) is 0 Å². The van der Waals surface area contributed by atoms with Gasteiger partial charge in [0.2, 0.25) is 5.88 Å². The van der Waals surface area contributed by atoms with E-state index in [0.29, 0.717) is 64.8 Å². The monoisotopic (exact) mass is 482 g/mol. The van der Waals surface area contributed by atoms with E-state index in [0.717, 1.165) is 5.56 Å². The van der Waals surface area contributed by atoms with E-state index in [1.807, 2.05) is 66.1 Å². The number of anilines is 1. The van der Waals surface area contributed by atoms with Crippen LogP contribution in [0.3, 0.4) is 0 Å². The molecule has 1 N–H and O–H groups in total. The van der Waals surface area contributed by atoms with Crippen LogP contribution in [0.4, 0.5) is 5.82 Å². The van der Waals surface area contributed by atoms with Crippen LogP contribution in [0.5, 0.6) is 17.4 Å². The van der Waals surface area contributed by atoms with Gasteiger partial charge in [0, 0.05) is 12.6 Å². The lowest BCUT2D eigenvalue weighted by molar-refractivity contribution is 0.327. The average Bonchev–Trinajstić information content (AvgIpc) is 3.30. The smallest absolute Gasteiger partial charge is 0.213 e. The van der Waals surface area contributed by atoms with E-state index in [9.17, 15) is 0 Å². The molecule has 36 heavy (non-hydrogen) atoms. The van der Waals surface area contributed by atoms with E-state index < -0.39 is 0 Å². The third-order valence-electron chi connectivity index (χ3n) is 5.56. The van der Waals surface area contributed by atoms with Gasteiger partial charge in [0.1, 0.15) is 28.7 Å². The van der Waals surface area contributed by atoms with Gasteiger partial charge in [-0.15, -0.1) is 0 Å². The maximum atomic E-state index is 5.71. The molecular formula is C27H26N6O3. The predicted octanol–water partition coefficient (Wildman–Crippen LogP) is 4.91. The van der Waals surface area contributed by atoms with Crippen LogP contribution < -0.4 is 19.5 Å². The molecule has 0 unspecified atom stereocenters. The Morgan fingerprint density at radius 2 is 1.58 bits per heavy atom. The molecule has 0 atom stereocenters. The van der Waals surface area contributed by atoms with Crippen LogP contribution in [-0.4, -0.2) is 45.3 Å². The van der Waals surface area contributed by atoms with Crippen molar-refractivity contribution in [1.29, 1.82) is 0 Å². The Morgan fingerprint density at radius 1 is 0.833 bits per heavy atom. The number of nitrogens with one attached hydrogen (secondary N) is 1. The molecule has 182 valence electrons. The van der Waals surface area contributed by atoms with Crippen LogP contribution >= 0.6 is 0 Å². The summed E-state index contributed by atoms with van der Waals surface area (Å²) in [4.78, 5) is 18.9. The van der Waals surface area contributed by atoms with E-state index in [2.05, 4.69) is 27.4 Å². The molecule has 0 bridgehead atoms. The molecule has 0 fully saturated rings. The molecule has 2 aromatic carbocycles. The van der Waals surface area contributed by atoms with Crippen molar-refractivity contribution in [2.24, 2.45) is 0 Å². The summed E-state index contributed by atoms with van der Waals surface area (Å²) in [5.74, 6) is 2.85. The molecule has 0 spiro atoms. The number of fused-ring (bicyclic) bond motifs is 1. The number of aromatic nitrogens is 5. The summed E-state index contributed by atoms with van der Waals surface area (Å²) in [6, 6.07) is 21.3. The third kappa shape index (κ3) is 4.50. The quantitative estimate of drug-likeness (QED) is 0.317. The minimum Gasteiger partial charge on any atom is -0.494 e. The van der Waals surface area contributed by atoms with Crippen LogP contribution in [0.1, 0.15) is 12.5 Å². The molecule has 3 heterocycles. The molecule has 9 nitrogen and oxygen atoms in total. The standard InChI is InChI=1S/C27H26N6O3/c1-4-36-23-15-8-12-19(30-23)26-32-25-27(33(26)24-20(34-2)13-9-14-21(24)35-3)31-22(17-29-25)28-16-18-10-6-5-7-11-18/h5-15,17H,4,16H2,1-3H3,(H,28,31). The lowest BCUT2D eigenvalue weighted by Crippen LogP contribution is -2.07. The third-order valence-corrected chi connectivity index (χ3v) is 5.56. The van der Waals surface area contributed by atoms with Gasteiger partial charge in [0.25, 0.3) is 0 Å². The molecule has 0 aliphatic carbocycles. The normalized spacial score (nSPS) is 10.9. The van der Waals surface area contributed by atoms with E-state index in [4.69, 9.17) is 24.2 Å². The number of benzene rings is 2. The largest absolute Gasteiger partial charge is 0.494 e. The molecule has 0 aliphatic rings. The Labute approximate surface area is 208 Å². The number of methoxy groups -OCH3 is 2. The number of nitrogens with zero attached hydrogens (tertiary/aromatic N) is 5. The Morgan fingerprint density at radius 3 is 2.31 bits per heavy atom. The first-order valence-corrected chi connectivity index (χ1v) is 11.6. The number of rotatable bonds is 9. The molecule has 0 saturated heterocycles. The van der Waals surface area contributed by atoms with E-state index in [1.165, 1.54) is 0 Å². The van der Waals surface area contributed by atoms with E-state index in [-0.39, 0.29) is 0 Å². The van der Waals surface area contributed by atoms with Crippen LogP contribution in [0.2, 0.25) is 0 Å². The predicted molar refractivity (Wildman–Crippen MR) is 138 cm³/mol. The summed E-state index contributed by atoms with van der Waals surface area (Å²) < 4.78 is 18.9. The zero-order valence-electron chi connectivity index (χ0n) is 20.3. The van der Waals surface area contributed by atoms with Gasteiger partial charge in [0.15, 0.2) is 17.1 Å². The Hall–Kier alpha value is -4.66. The van der Waals surface area contributed by atoms with Gasteiger partial charge in [0.05, 0.1) is 27.0 Å². The van der Waals surface area contributed by atoms with Gasteiger partial charge in [-0.1, -0.05) is 42.5 Å². The van der Waals surface area contributed by atoms with Gasteiger partial charge < -0.3 is 19.5 Å². The molecule has 9 heteroatoms. The van der Waals surface area contributed by atoms with Crippen molar-refractivity contribution in [1.82, 2.24) is 24.5 Å². The van der Waals surface area contributed by atoms with Crippen LogP contribution in [0.25, 0.3) is 28.5 Å². The summed E-state index contributed by atoms with van der Waals surface area (Å²) >= 11 is 0. The van der Waals surface area contributed by atoms with Crippen molar-refractivity contribution in [2.75, 3.05) is 26.1 Å². The van der Waals surface area contributed by atoms with Crippen molar-refractivity contribution in [3.8, 4) is 34.6 Å². The number of ether oxygens (including phenoxy) is 3. The second kappa shape index (κ2) is 10.3. The number of imidazole rings is 1. The van der Waals surface area contributed by atoms with Crippen molar-refractivity contribution in [3.05, 3.63) is 78.5 Å². The fraction of sp³-hybridized carbons (Fsp3) is 0.185. The SMILES string of the molecule is CCOc1cccc(-c2nc3ncc(NCc4ccccc4)nc3n2-c2c(OC)cccc2OC)n1. The lowest BCUT2D eigenvalue weighted by atomic mass is 10.2. The molecule has 0 saturated carbocycles. The van der Waals surface area contributed by atoms with Crippen molar-refractivity contribution < 1.29 is 14.2 Å². The lowest BCUT2D eigenvalue weighted by Gasteiger charge is -2.16. The van der Waals surface area contributed by atoms with E-state index >= 15 is 0 Å². The highest BCUT2D eigenvalue weighted by Crippen LogP contribution is 2.38. The molecule has 3 aromatic heterocycles. The van der Waals surface area contributed by atoms with Crippen molar-refractivity contribution in [3.63, 3.8) is 0 Å². The van der Waals surface area contributed by atoms with Gasteiger partial charge >= 0.3 is 0 Å². The first-order valence-electron chi connectivity index (χ1n) is 11.6. The first kappa shape index (κ1) is 23.1. The van der Waals surface area contributed by atoms with Gasteiger partial charge in [-0.25, -0.2) is 19.9 Å². The van der Waals surface area contributed by atoms with E-state index in [1.54, 1.807) is 20.4 Å². The summed E-state index contributed by atoms with van der Waals surface area (Å²) in [7, 11) is 3.23. The molecule has 5 rings (SSSR count). The summed E-state index contributed by atoms with van der Waals surface area (Å²) in [6.07, 6.45) is 1.68. The fourth-order valence-corrected chi connectivity index (χ4v) is 3.93. The van der Waals surface area contributed by atoms with Crippen molar-refractivity contribution in [2.45, 2.75) is 13.5 Å². The minimum atomic E-state index is 0.465. The molecular weight excluding hydrogens is 456 g/mol. The van der Waals surface area contributed by atoms with Crippen LogP contribution in [-0.2, 0) is 6.54 Å². The number of hydrogen-bond donors (Lipinski definition) is 1. The number of para-hydroxylation sites is 1. The molecule has 0 radical (unpaired) electrons. The maximum Gasteiger partial charge on any atom is 0.213 e. The van der Waals surface area contributed by atoms with Crippen LogP contribution in [0.15, 0.2) is 72.9 Å². The highest BCUT2D eigenvalue weighted by atomic mass is 16.5. The number of hydrogen-bond acceptors (Lipinski definition) is 8. The topological polar surface area (TPSA) is 96.2 Å². The fourth-order valence-electron chi connectivity index (χ4n) is 3.93. The molecule has 0 aliphatic heterocycles. The van der Waals surface area contributed by atoms with Gasteiger partial charge in [-0.2, -0.15) is 0 Å². The highest BCUT2D eigenvalue weighted by molar-refractivity contribution is 5.80. The Balaban J connectivity index is 1.70. The highest BCUT2D eigenvalue weighted by Gasteiger charge is 2.24. The summed E-state index contributed by atoms with van der Waals surface area (Å²) in [6.45, 7) is 3.03. The molecule has 5 aromatic rings. The zero-order valence-corrected chi connectivity index (χ0v) is 20.3. The number of pyridine rings is 1. The summed E-state index contributed by atoms with van der Waals surface area (Å²) in [5.41, 5.74) is 3.39. The first-order chi connectivity index (χ1) is 17.7. The van der Waals surface area contributed by atoms with Gasteiger partial charge in [-0.05, 0) is 30.7 Å². The molecule has 0 amide bonds.